The van der Waals surface area contributed by atoms with Gasteiger partial charge < -0.3 is 15.2 Å². The Bertz CT molecular complexity index is 927. The summed E-state index contributed by atoms with van der Waals surface area (Å²) in [6, 6.07) is 11.5. The molecule has 3 N–H and O–H groups in total. The Morgan fingerprint density at radius 2 is 1.86 bits per heavy atom. The molecule has 0 heterocycles. The van der Waals surface area contributed by atoms with E-state index in [1.165, 1.54) is 18.2 Å². The third-order valence-corrected chi connectivity index (χ3v) is 6.01. The van der Waals surface area contributed by atoms with E-state index >= 15 is 0 Å². The van der Waals surface area contributed by atoms with E-state index in [0.29, 0.717) is 12.1 Å². The average Bonchev–Trinajstić information content (AvgIpc) is 2.68. The fourth-order valence-electron chi connectivity index (χ4n) is 2.97. The van der Waals surface area contributed by atoms with Gasteiger partial charge in [-0.05, 0) is 55.7 Å². The number of carbonyl (C=O) groups is 1. The monoisotopic (exact) mass is 420 g/mol. The first-order valence-corrected chi connectivity index (χ1v) is 11.0. The number of nitrogens with one attached hydrogen (secondary N) is 2. The van der Waals surface area contributed by atoms with Gasteiger partial charge in [-0.1, -0.05) is 25.5 Å². The van der Waals surface area contributed by atoms with Crippen LogP contribution in [0.1, 0.15) is 42.6 Å². The smallest absolute Gasteiger partial charge is 0.335 e. The number of hydrogen-bond donors (Lipinski definition) is 3. The summed E-state index contributed by atoms with van der Waals surface area (Å²) in [6.45, 7) is 4.20. The molecule has 7 nitrogen and oxygen atoms in total. The van der Waals surface area contributed by atoms with Gasteiger partial charge in [0.15, 0.2) is 0 Å². The summed E-state index contributed by atoms with van der Waals surface area (Å²) < 4.78 is 33.5. The first-order chi connectivity index (χ1) is 13.8. The Kier molecular flexibility index (Phi) is 8.04. The number of hydrogen-bond acceptors (Lipinski definition) is 5. The maximum absolute atomic E-state index is 12.9. The van der Waals surface area contributed by atoms with E-state index in [0.717, 1.165) is 24.2 Å². The quantitative estimate of drug-likeness (QED) is 0.514. The predicted octanol–water partition coefficient (Wildman–Crippen LogP) is 3.51. The van der Waals surface area contributed by atoms with Crippen molar-refractivity contribution >= 4 is 21.7 Å². The summed E-state index contributed by atoms with van der Waals surface area (Å²) in [7, 11) is -2.31. The van der Waals surface area contributed by atoms with E-state index in [1.807, 2.05) is 38.1 Å². The van der Waals surface area contributed by atoms with Crippen LogP contribution in [-0.4, -0.2) is 39.2 Å². The highest BCUT2D eigenvalue weighted by Gasteiger charge is 2.21. The van der Waals surface area contributed by atoms with Crippen molar-refractivity contribution in [3.05, 3.63) is 53.6 Å². The zero-order valence-electron chi connectivity index (χ0n) is 16.9. The van der Waals surface area contributed by atoms with Gasteiger partial charge in [0, 0.05) is 12.6 Å². The normalized spacial score (nSPS) is 12.4. The number of aromatic carboxylic acids is 1. The lowest BCUT2D eigenvalue weighted by molar-refractivity contribution is 0.0696. The molecular weight excluding hydrogens is 392 g/mol. The molecule has 0 aromatic heterocycles. The highest BCUT2D eigenvalue weighted by Crippen LogP contribution is 2.24. The first kappa shape index (κ1) is 22.7. The topological polar surface area (TPSA) is 105 Å². The number of sulfonamides is 1. The summed E-state index contributed by atoms with van der Waals surface area (Å²) in [6.07, 6.45) is 2.31. The Morgan fingerprint density at radius 3 is 2.45 bits per heavy atom. The molecule has 0 radical (unpaired) electrons. The SMILES string of the molecule is CCC[C@H](C)Nc1ccc(C(=O)O)cc1S(=O)(=O)NCCc1ccc(OC)cc1. The minimum atomic E-state index is -3.89. The fourth-order valence-corrected chi connectivity index (χ4v) is 4.19. The summed E-state index contributed by atoms with van der Waals surface area (Å²) in [4.78, 5) is 11.3. The molecule has 2 rings (SSSR count). The molecular formula is C21H28N2O5S. The summed E-state index contributed by atoms with van der Waals surface area (Å²) in [5.41, 5.74) is 1.28. The molecule has 0 aliphatic rings. The Morgan fingerprint density at radius 1 is 1.17 bits per heavy atom. The lowest BCUT2D eigenvalue weighted by atomic mass is 10.1. The average molecular weight is 421 g/mol. The van der Waals surface area contributed by atoms with Gasteiger partial charge in [-0.25, -0.2) is 17.9 Å². The molecule has 0 saturated heterocycles. The fraction of sp³-hybridized carbons (Fsp3) is 0.381. The third-order valence-electron chi connectivity index (χ3n) is 4.51. The van der Waals surface area contributed by atoms with Crippen LogP contribution in [0.2, 0.25) is 0 Å². The van der Waals surface area contributed by atoms with Crippen LogP contribution in [0.5, 0.6) is 5.75 Å². The summed E-state index contributed by atoms with van der Waals surface area (Å²) in [5.74, 6) is -0.440. The van der Waals surface area contributed by atoms with E-state index < -0.39 is 16.0 Å². The molecule has 0 bridgehead atoms. The first-order valence-electron chi connectivity index (χ1n) is 9.53. The van der Waals surface area contributed by atoms with Crippen LogP contribution in [0.4, 0.5) is 5.69 Å². The van der Waals surface area contributed by atoms with Gasteiger partial charge >= 0.3 is 5.97 Å². The van der Waals surface area contributed by atoms with Gasteiger partial charge in [0.05, 0.1) is 18.4 Å². The molecule has 8 heteroatoms. The van der Waals surface area contributed by atoms with Crippen molar-refractivity contribution in [3.8, 4) is 5.75 Å². The number of carboxylic acids is 1. The second-order valence-electron chi connectivity index (χ2n) is 6.85. The van der Waals surface area contributed by atoms with Gasteiger partial charge in [-0.3, -0.25) is 0 Å². The standard InChI is InChI=1S/C21H28N2O5S/c1-4-5-15(2)23-19-11-8-17(21(24)25)14-20(19)29(26,27)22-13-12-16-6-9-18(28-3)10-7-16/h6-11,14-15,22-23H,4-5,12-13H2,1-3H3,(H,24,25)/t15-/m0/s1. The van der Waals surface area contributed by atoms with E-state index in [2.05, 4.69) is 10.0 Å². The molecule has 2 aromatic rings. The van der Waals surface area contributed by atoms with Crippen LogP contribution >= 0.6 is 0 Å². The number of anilines is 1. The number of methoxy groups -OCH3 is 1. The van der Waals surface area contributed by atoms with Gasteiger partial charge in [0.2, 0.25) is 10.0 Å². The number of ether oxygens (including phenoxy) is 1. The maximum atomic E-state index is 12.9. The van der Waals surface area contributed by atoms with E-state index in [-0.39, 0.29) is 23.0 Å². The Balaban J connectivity index is 2.18. The van der Waals surface area contributed by atoms with Crippen LogP contribution in [0.3, 0.4) is 0 Å². The van der Waals surface area contributed by atoms with Crippen LogP contribution in [0.15, 0.2) is 47.4 Å². The van der Waals surface area contributed by atoms with Crippen molar-refractivity contribution in [2.24, 2.45) is 0 Å². The van der Waals surface area contributed by atoms with Crippen molar-refractivity contribution in [3.63, 3.8) is 0 Å². The second kappa shape index (κ2) is 10.3. The molecule has 0 saturated carbocycles. The van der Waals surface area contributed by atoms with Gasteiger partial charge in [0.1, 0.15) is 10.6 Å². The molecule has 158 valence electrons. The van der Waals surface area contributed by atoms with Gasteiger partial charge in [-0.15, -0.1) is 0 Å². The zero-order chi connectivity index (χ0) is 21.4. The van der Waals surface area contributed by atoms with Crippen LogP contribution in [0, 0.1) is 0 Å². The van der Waals surface area contributed by atoms with Crippen molar-refractivity contribution in [2.45, 2.75) is 44.0 Å². The van der Waals surface area contributed by atoms with E-state index in [9.17, 15) is 18.3 Å². The molecule has 29 heavy (non-hydrogen) atoms. The summed E-state index contributed by atoms with van der Waals surface area (Å²) in [5, 5.41) is 12.4. The molecule has 0 fully saturated rings. The number of benzene rings is 2. The minimum absolute atomic E-state index is 0.0592. The molecule has 0 aliphatic carbocycles. The van der Waals surface area contributed by atoms with Crippen molar-refractivity contribution in [1.29, 1.82) is 0 Å². The highest BCUT2D eigenvalue weighted by molar-refractivity contribution is 7.89. The lowest BCUT2D eigenvalue weighted by Gasteiger charge is -2.18. The van der Waals surface area contributed by atoms with E-state index in [1.54, 1.807) is 7.11 Å². The molecule has 1 atom stereocenters. The van der Waals surface area contributed by atoms with Gasteiger partial charge in [-0.2, -0.15) is 0 Å². The third kappa shape index (κ3) is 6.47. The molecule has 0 aliphatic heterocycles. The zero-order valence-corrected chi connectivity index (χ0v) is 17.8. The van der Waals surface area contributed by atoms with Crippen LogP contribution in [0.25, 0.3) is 0 Å². The predicted molar refractivity (Wildman–Crippen MR) is 113 cm³/mol. The molecule has 0 spiro atoms. The maximum Gasteiger partial charge on any atom is 0.335 e. The van der Waals surface area contributed by atoms with E-state index in [4.69, 9.17) is 4.74 Å². The van der Waals surface area contributed by atoms with Crippen LogP contribution in [-0.2, 0) is 16.4 Å². The minimum Gasteiger partial charge on any atom is -0.497 e. The number of carboxylic acid groups (broad SMARTS) is 1. The summed E-state index contributed by atoms with van der Waals surface area (Å²) >= 11 is 0. The largest absolute Gasteiger partial charge is 0.497 e. The second-order valence-corrected chi connectivity index (χ2v) is 8.58. The van der Waals surface area contributed by atoms with Crippen molar-refractivity contribution < 1.29 is 23.1 Å². The van der Waals surface area contributed by atoms with Crippen molar-refractivity contribution in [1.82, 2.24) is 4.72 Å². The molecule has 2 aromatic carbocycles. The van der Waals surface area contributed by atoms with Gasteiger partial charge in [0.25, 0.3) is 0 Å². The van der Waals surface area contributed by atoms with Crippen molar-refractivity contribution in [2.75, 3.05) is 19.0 Å². The molecule has 0 unspecified atom stereocenters. The Hall–Kier alpha value is -2.58. The number of rotatable bonds is 11. The lowest BCUT2D eigenvalue weighted by Crippen LogP contribution is -2.28. The molecule has 0 amide bonds. The Labute approximate surface area is 172 Å². The highest BCUT2D eigenvalue weighted by atomic mass is 32.2. The van der Waals surface area contributed by atoms with Crippen LogP contribution < -0.4 is 14.8 Å².